The molecule has 1 aromatic heterocycles. The van der Waals surface area contributed by atoms with Crippen LogP contribution in [-0.2, 0) is 23.2 Å². The van der Waals surface area contributed by atoms with Gasteiger partial charge in [0.2, 0.25) is 10.0 Å². The Kier molecular flexibility index (Phi) is 3.75. The number of rotatable bonds is 5. The predicted octanol–water partition coefficient (Wildman–Crippen LogP) is 0.380. The summed E-state index contributed by atoms with van der Waals surface area (Å²) in [6.45, 7) is -0.0206. The van der Waals surface area contributed by atoms with Crippen LogP contribution in [0.1, 0.15) is 11.1 Å². The smallest absolute Gasteiger partial charge is 0.240 e. The second-order valence-corrected chi connectivity index (χ2v) is 5.50. The van der Waals surface area contributed by atoms with Crippen molar-refractivity contribution < 1.29 is 13.5 Å². The molecule has 3 N–H and O–H groups in total. The van der Waals surface area contributed by atoms with Gasteiger partial charge in [0.05, 0.1) is 17.7 Å². The molecule has 18 heavy (non-hydrogen) atoms. The Morgan fingerprint density at radius 1 is 1.33 bits per heavy atom. The van der Waals surface area contributed by atoms with Crippen LogP contribution in [0.15, 0.2) is 41.6 Å². The summed E-state index contributed by atoms with van der Waals surface area (Å²) >= 11 is 0. The van der Waals surface area contributed by atoms with Crippen LogP contribution >= 0.6 is 0 Å². The fourth-order valence-electron chi connectivity index (χ4n) is 1.45. The van der Waals surface area contributed by atoms with E-state index in [9.17, 15) is 8.42 Å². The minimum absolute atomic E-state index is 0.137. The van der Waals surface area contributed by atoms with Gasteiger partial charge in [-0.1, -0.05) is 12.1 Å². The molecular formula is C11H13N3O3S. The highest BCUT2D eigenvalue weighted by atomic mass is 32.2. The van der Waals surface area contributed by atoms with Crippen molar-refractivity contribution in [3.05, 3.63) is 47.8 Å². The number of aromatic amines is 1. The second-order valence-electron chi connectivity index (χ2n) is 3.74. The van der Waals surface area contributed by atoms with Crippen LogP contribution in [0.4, 0.5) is 0 Å². The maximum atomic E-state index is 12.0. The van der Waals surface area contributed by atoms with Crippen LogP contribution in [0, 0.1) is 0 Å². The van der Waals surface area contributed by atoms with Crippen LogP contribution in [0.5, 0.6) is 0 Å². The number of nitrogens with one attached hydrogen (secondary N) is 2. The molecule has 6 nitrogen and oxygen atoms in total. The van der Waals surface area contributed by atoms with E-state index in [0.717, 1.165) is 5.56 Å². The van der Waals surface area contributed by atoms with Crippen molar-refractivity contribution in [3.8, 4) is 0 Å². The molecular weight excluding hydrogens is 254 g/mol. The largest absolute Gasteiger partial charge is 0.392 e. The van der Waals surface area contributed by atoms with Gasteiger partial charge in [0.15, 0.2) is 0 Å². The number of hydrogen-bond donors (Lipinski definition) is 3. The molecule has 1 heterocycles. The average molecular weight is 267 g/mol. The molecule has 0 saturated heterocycles. The molecule has 0 aliphatic rings. The van der Waals surface area contributed by atoms with E-state index in [-0.39, 0.29) is 18.0 Å². The van der Waals surface area contributed by atoms with E-state index in [1.807, 2.05) is 0 Å². The summed E-state index contributed by atoms with van der Waals surface area (Å²) < 4.78 is 26.4. The van der Waals surface area contributed by atoms with Gasteiger partial charge >= 0.3 is 0 Å². The fourth-order valence-corrected chi connectivity index (χ4v) is 2.53. The van der Waals surface area contributed by atoms with Crippen LogP contribution in [-0.4, -0.2) is 23.7 Å². The maximum Gasteiger partial charge on any atom is 0.240 e. The first-order valence-electron chi connectivity index (χ1n) is 5.29. The minimum Gasteiger partial charge on any atom is -0.392 e. The van der Waals surface area contributed by atoms with Crippen molar-refractivity contribution in [2.45, 2.75) is 18.0 Å². The average Bonchev–Trinajstić information content (AvgIpc) is 2.90. The number of aromatic nitrogens is 2. The fraction of sp³-hybridized carbons (Fsp3) is 0.182. The van der Waals surface area contributed by atoms with E-state index in [4.69, 9.17) is 5.11 Å². The van der Waals surface area contributed by atoms with Crippen molar-refractivity contribution in [1.82, 2.24) is 14.9 Å². The highest BCUT2D eigenvalue weighted by Crippen LogP contribution is 2.12. The van der Waals surface area contributed by atoms with Gasteiger partial charge < -0.3 is 5.11 Å². The Balaban J connectivity index is 2.14. The third-order valence-electron chi connectivity index (χ3n) is 2.41. The summed E-state index contributed by atoms with van der Waals surface area (Å²) in [5.41, 5.74) is 1.30. The molecule has 0 amide bonds. The second kappa shape index (κ2) is 5.30. The summed E-state index contributed by atoms with van der Waals surface area (Å²) in [5.74, 6) is 0. The third-order valence-corrected chi connectivity index (χ3v) is 3.81. The summed E-state index contributed by atoms with van der Waals surface area (Å²) in [5, 5.41) is 15.3. The zero-order valence-electron chi connectivity index (χ0n) is 9.50. The summed E-state index contributed by atoms with van der Waals surface area (Å²) in [7, 11) is -3.57. The maximum absolute atomic E-state index is 12.0. The Morgan fingerprint density at radius 2 is 2.17 bits per heavy atom. The van der Waals surface area contributed by atoms with Gasteiger partial charge in [-0.15, -0.1) is 0 Å². The Bertz CT molecular complexity index is 608. The molecule has 7 heteroatoms. The van der Waals surface area contributed by atoms with E-state index < -0.39 is 10.0 Å². The molecule has 2 aromatic rings. The summed E-state index contributed by atoms with van der Waals surface area (Å²) in [6, 6.07) is 6.18. The molecule has 0 unspecified atom stereocenters. The number of H-pyrrole nitrogens is 1. The van der Waals surface area contributed by atoms with Gasteiger partial charge in [-0.3, -0.25) is 5.10 Å². The molecule has 0 fully saturated rings. The molecule has 0 saturated carbocycles. The summed E-state index contributed by atoms with van der Waals surface area (Å²) in [4.78, 5) is 0.137. The quantitative estimate of drug-likeness (QED) is 0.730. The molecule has 0 bridgehead atoms. The van der Waals surface area contributed by atoms with Crippen molar-refractivity contribution in [1.29, 1.82) is 0 Å². The van der Waals surface area contributed by atoms with Crippen LogP contribution in [0.2, 0.25) is 0 Å². The molecule has 0 radical (unpaired) electrons. The van der Waals surface area contributed by atoms with Gasteiger partial charge in [-0.25, -0.2) is 13.1 Å². The van der Waals surface area contributed by atoms with E-state index in [1.54, 1.807) is 24.5 Å². The number of benzene rings is 1. The predicted molar refractivity (Wildman–Crippen MR) is 65.0 cm³/mol. The lowest BCUT2D eigenvalue weighted by atomic mass is 10.2. The van der Waals surface area contributed by atoms with Gasteiger partial charge in [-0.2, -0.15) is 5.10 Å². The van der Waals surface area contributed by atoms with Gasteiger partial charge in [0.1, 0.15) is 0 Å². The molecule has 0 aliphatic carbocycles. The van der Waals surface area contributed by atoms with Crippen LogP contribution in [0.25, 0.3) is 0 Å². The van der Waals surface area contributed by atoms with Crippen LogP contribution < -0.4 is 4.72 Å². The normalized spacial score (nSPS) is 11.6. The Hall–Kier alpha value is -1.70. The topological polar surface area (TPSA) is 95.1 Å². The molecule has 96 valence electrons. The SMILES string of the molecule is O=S(=O)(NCc1cn[nH]c1)c1cccc(CO)c1. The van der Waals surface area contributed by atoms with Crippen molar-refractivity contribution in [2.75, 3.05) is 0 Å². The first-order valence-corrected chi connectivity index (χ1v) is 6.77. The monoisotopic (exact) mass is 267 g/mol. The van der Waals surface area contributed by atoms with Crippen molar-refractivity contribution >= 4 is 10.0 Å². The van der Waals surface area contributed by atoms with Gasteiger partial charge in [0.25, 0.3) is 0 Å². The number of nitrogens with zero attached hydrogens (tertiary/aromatic N) is 1. The minimum atomic E-state index is -3.57. The highest BCUT2D eigenvalue weighted by Gasteiger charge is 2.14. The molecule has 1 aromatic carbocycles. The third kappa shape index (κ3) is 2.95. The van der Waals surface area contributed by atoms with E-state index in [0.29, 0.717) is 5.56 Å². The lowest BCUT2D eigenvalue weighted by molar-refractivity contribution is 0.281. The number of aliphatic hydroxyl groups excluding tert-OH is 1. The van der Waals surface area contributed by atoms with E-state index >= 15 is 0 Å². The van der Waals surface area contributed by atoms with Crippen LogP contribution in [0.3, 0.4) is 0 Å². The standard InChI is InChI=1S/C11H13N3O3S/c15-8-9-2-1-3-11(4-9)18(16,17)14-7-10-5-12-13-6-10/h1-6,14-15H,7-8H2,(H,12,13). The number of sulfonamides is 1. The van der Waals surface area contributed by atoms with Crippen molar-refractivity contribution in [3.63, 3.8) is 0 Å². The van der Waals surface area contributed by atoms with Gasteiger partial charge in [0, 0.05) is 18.3 Å². The molecule has 2 rings (SSSR count). The van der Waals surface area contributed by atoms with Gasteiger partial charge in [-0.05, 0) is 17.7 Å². The van der Waals surface area contributed by atoms with E-state index in [1.165, 1.54) is 12.1 Å². The molecule has 0 spiro atoms. The highest BCUT2D eigenvalue weighted by molar-refractivity contribution is 7.89. The Morgan fingerprint density at radius 3 is 2.83 bits per heavy atom. The van der Waals surface area contributed by atoms with Crippen molar-refractivity contribution in [2.24, 2.45) is 0 Å². The zero-order chi connectivity index (χ0) is 13.0. The lowest BCUT2D eigenvalue weighted by Gasteiger charge is -2.06. The zero-order valence-corrected chi connectivity index (χ0v) is 10.3. The molecule has 0 atom stereocenters. The molecule has 0 aliphatic heterocycles. The first kappa shape index (κ1) is 12.7. The number of aliphatic hydroxyl groups is 1. The lowest BCUT2D eigenvalue weighted by Crippen LogP contribution is -2.23. The summed E-state index contributed by atoms with van der Waals surface area (Å²) in [6.07, 6.45) is 3.17. The van der Waals surface area contributed by atoms with E-state index in [2.05, 4.69) is 14.9 Å². The first-order chi connectivity index (χ1) is 8.62. The Labute approximate surface area is 105 Å². The number of hydrogen-bond acceptors (Lipinski definition) is 4.